The maximum absolute atomic E-state index is 12.7. The zero-order chi connectivity index (χ0) is 21.8. The van der Waals surface area contributed by atoms with Gasteiger partial charge in [0.15, 0.2) is 17.3 Å². The molecule has 0 fully saturated rings. The van der Waals surface area contributed by atoms with Crippen LogP contribution in [-0.4, -0.2) is 21.0 Å². The fourth-order valence-corrected chi connectivity index (χ4v) is 4.05. The van der Waals surface area contributed by atoms with Gasteiger partial charge in [-0.15, -0.1) is 0 Å². The first-order chi connectivity index (χ1) is 14.9. The number of hydrogen-bond donors (Lipinski definition) is 2. The highest BCUT2D eigenvalue weighted by molar-refractivity contribution is 7.92. The van der Waals surface area contributed by atoms with Crippen molar-refractivity contribution in [1.82, 2.24) is 0 Å². The van der Waals surface area contributed by atoms with Crippen LogP contribution in [0.4, 0.5) is 11.4 Å². The molecule has 31 heavy (non-hydrogen) atoms. The number of ketones is 1. The van der Waals surface area contributed by atoms with Crippen molar-refractivity contribution in [2.45, 2.75) is 11.8 Å². The molecule has 3 aromatic rings. The molecule has 8 heteroatoms. The van der Waals surface area contributed by atoms with Crippen molar-refractivity contribution in [2.24, 2.45) is 0 Å². The third-order valence-electron chi connectivity index (χ3n) is 4.63. The molecule has 0 unspecified atom stereocenters. The average Bonchev–Trinajstić information content (AvgIpc) is 3.23. The minimum atomic E-state index is -3.75. The van der Waals surface area contributed by atoms with Crippen molar-refractivity contribution in [2.75, 3.05) is 16.8 Å². The number of carbonyl (C=O) groups is 1. The predicted molar refractivity (Wildman–Crippen MR) is 118 cm³/mol. The molecule has 4 rings (SSSR count). The van der Waals surface area contributed by atoms with E-state index in [2.05, 4.69) is 10.0 Å². The van der Waals surface area contributed by atoms with Gasteiger partial charge < -0.3 is 14.8 Å². The van der Waals surface area contributed by atoms with Crippen molar-refractivity contribution >= 4 is 27.2 Å². The van der Waals surface area contributed by atoms with E-state index in [-0.39, 0.29) is 17.5 Å². The number of anilines is 2. The van der Waals surface area contributed by atoms with Gasteiger partial charge in [0, 0.05) is 17.8 Å². The van der Waals surface area contributed by atoms with E-state index in [1.165, 1.54) is 12.3 Å². The predicted octanol–water partition coefficient (Wildman–Crippen LogP) is 4.33. The Bertz CT molecular complexity index is 1250. The van der Waals surface area contributed by atoms with Crippen LogP contribution in [0.25, 0.3) is 0 Å². The van der Waals surface area contributed by atoms with E-state index in [0.29, 0.717) is 28.4 Å². The van der Waals surface area contributed by atoms with Gasteiger partial charge in [-0.2, -0.15) is 0 Å². The largest absolute Gasteiger partial charge is 0.454 e. The van der Waals surface area contributed by atoms with Crippen LogP contribution in [0.3, 0.4) is 0 Å². The van der Waals surface area contributed by atoms with E-state index in [1.807, 2.05) is 6.92 Å². The molecular weight excluding hydrogens is 416 g/mol. The van der Waals surface area contributed by atoms with Crippen molar-refractivity contribution in [3.05, 3.63) is 90.1 Å². The summed E-state index contributed by atoms with van der Waals surface area (Å²) in [6.45, 7) is 2.03. The molecule has 0 aliphatic carbocycles. The fraction of sp³-hybridized carbons (Fsp3) is 0.0870. The monoisotopic (exact) mass is 436 g/mol. The second-order valence-corrected chi connectivity index (χ2v) is 8.56. The normalized spacial score (nSPS) is 12.7. The molecule has 158 valence electrons. The molecule has 0 saturated heterocycles. The van der Waals surface area contributed by atoms with Crippen LogP contribution in [0.2, 0.25) is 0 Å². The first-order valence-electron chi connectivity index (χ1n) is 9.48. The summed E-state index contributed by atoms with van der Waals surface area (Å²) in [5.41, 5.74) is 2.30. The Morgan fingerprint density at radius 2 is 1.65 bits per heavy atom. The topological polar surface area (TPSA) is 93.7 Å². The zero-order valence-corrected chi connectivity index (χ0v) is 17.5. The lowest BCUT2D eigenvalue weighted by Gasteiger charge is -2.12. The second kappa shape index (κ2) is 8.53. The smallest absolute Gasteiger partial charge is 0.261 e. The number of para-hydroxylation sites is 2. The Kier molecular flexibility index (Phi) is 5.64. The summed E-state index contributed by atoms with van der Waals surface area (Å²) < 4.78 is 38.5. The second-order valence-electron chi connectivity index (χ2n) is 6.87. The van der Waals surface area contributed by atoms with Crippen molar-refractivity contribution in [3.8, 4) is 11.5 Å². The molecule has 0 bridgehead atoms. The number of fused-ring (bicyclic) bond motifs is 1. The summed E-state index contributed by atoms with van der Waals surface area (Å²) in [7, 11) is -3.75. The molecule has 1 aliphatic heterocycles. The van der Waals surface area contributed by atoms with E-state index in [4.69, 9.17) is 9.47 Å². The summed E-state index contributed by atoms with van der Waals surface area (Å²) in [6, 6.07) is 18.4. The van der Waals surface area contributed by atoms with Crippen LogP contribution in [0.5, 0.6) is 11.5 Å². The lowest BCUT2D eigenvalue weighted by Crippen LogP contribution is -2.14. The molecule has 0 atom stereocenters. The maximum atomic E-state index is 12.7. The SMILES string of the molecule is Cc1ccc(S(=O)(=O)Nc2ccccc2N/C=C\C(=O)c2ccc3c(c2)OCO3)cc1. The molecular formula is C23H20N2O5S. The number of aryl methyl sites for hydroxylation is 1. The number of ether oxygens (including phenoxy) is 2. The van der Waals surface area contributed by atoms with E-state index in [9.17, 15) is 13.2 Å². The van der Waals surface area contributed by atoms with Gasteiger partial charge in [-0.25, -0.2) is 8.42 Å². The van der Waals surface area contributed by atoms with Crippen molar-refractivity contribution in [3.63, 3.8) is 0 Å². The number of allylic oxidation sites excluding steroid dienone is 1. The highest BCUT2D eigenvalue weighted by Gasteiger charge is 2.16. The van der Waals surface area contributed by atoms with Crippen LogP contribution >= 0.6 is 0 Å². The summed E-state index contributed by atoms with van der Waals surface area (Å²) in [5.74, 6) is 0.903. The first kappa shape index (κ1) is 20.5. The van der Waals surface area contributed by atoms with Gasteiger partial charge in [-0.1, -0.05) is 29.8 Å². The summed E-state index contributed by atoms with van der Waals surface area (Å²) >= 11 is 0. The van der Waals surface area contributed by atoms with Gasteiger partial charge in [0.2, 0.25) is 6.79 Å². The lowest BCUT2D eigenvalue weighted by molar-refractivity contribution is 0.104. The van der Waals surface area contributed by atoms with Crippen molar-refractivity contribution < 1.29 is 22.7 Å². The third-order valence-corrected chi connectivity index (χ3v) is 6.01. The Morgan fingerprint density at radius 3 is 2.42 bits per heavy atom. The van der Waals surface area contributed by atoms with Gasteiger partial charge in [0.25, 0.3) is 10.0 Å². The third kappa shape index (κ3) is 4.70. The van der Waals surface area contributed by atoms with Crippen LogP contribution in [0.15, 0.2) is 83.9 Å². The van der Waals surface area contributed by atoms with Crippen LogP contribution in [-0.2, 0) is 10.0 Å². The number of hydrogen-bond acceptors (Lipinski definition) is 6. The summed E-state index contributed by atoms with van der Waals surface area (Å²) in [5, 5.41) is 2.97. The molecule has 0 radical (unpaired) electrons. The summed E-state index contributed by atoms with van der Waals surface area (Å²) in [4.78, 5) is 12.6. The fourth-order valence-electron chi connectivity index (χ4n) is 2.97. The van der Waals surface area contributed by atoms with E-state index in [1.54, 1.807) is 66.7 Å². The van der Waals surface area contributed by atoms with Crippen LogP contribution < -0.4 is 19.5 Å². The quantitative estimate of drug-likeness (QED) is 0.423. The lowest BCUT2D eigenvalue weighted by atomic mass is 10.1. The average molecular weight is 436 g/mol. The Morgan fingerprint density at radius 1 is 0.935 bits per heavy atom. The molecule has 2 N–H and O–H groups in total. The highest BCUT2D eigenvalue weighted by atomic mass is 32.2. The van der Waals surface area contributed by atoms with Gasteiger partial charge in [0.1, 0.15) is 0 Å². The standard InChI is InChI=1S/C23H20N2O5S/c1-16-6-9-18(10-7-16)31(27,28)25-20-5-3-2-4-19(20)24-13-12-21(26)17-8-11-22-23(14-17)30-15-29-22/h2-14,24-25H,15H2,1H3/b13-12-. The molecule has 1 heterocycles. The van der Waals surface area contributed by atoms with Gasteiger partial charge in [-0.3, -0.25) is 9.52 Å². The van der Waals surface area contributed by atoms with E-state index in [0.717, 1.165) is 5.56 Å². The molecule has 7 nitrogen and oxygen atoms in total. The number of rotatable bonds is 7. The van der Waals surface area contributed by atoms with Gasteiger partial charge in [0.05, 0.1) is 16.3 Å². The summed E-state index contributed by atoms with van der Waals surface area (Å²) in [6.07, 6.45) is 2.83. The maximum Gasteiger partial charge on any atom is 0.261 e. The Hall–Kier alpha value is -3.78. The molecule has 1 aliphatic rings. The minimum Gasteiger partial charge on any atom is -0.454 e. The zero-order valence-electron chi connectivity index (χ0n) is 16.7. The van der Waals surface area contributed by atoms with E-state index >= 15 is 0 Å². The van der Waals surface area contributed by atoms with E-state index < -0.39 is 10.0 Å². The number of carbonyl (C=O) groups excluding carboxylic acids is 1. The minimum absolute atomic E-state index is 0.139. The highest BCUT2D eigenvalue weighted by Crippen LogP contribution is 2.32. The van der Waals surface area contributed by atoms with Crippen LogP contribution in [0, 0.1) is 6.92 Å². The first-order valence-corrected chi connectivity index (χ1v) is 11.0. The van der Waals surface area contributed by atoms with Crippen LogP contribution in [0.1, 0.15) is 15.9 Å². The molecule has 0 saturated carbocycles. The molecule has 0 amide bonds. The molecule has 0 aromatic heterocycles. The number of benzene rings is 3. The molecule has 0 spiro atoms. The van der Waals surface area contributed by atoms with Crippen molar-refractivity contribution in [1.29, 1.82) is 0 Å². The van der Waals surface area contributed by atoms with Gasteiger partial charge >= 0.3 is 0 Å². The molecule has 3 aromatic carbocycles. The van der Waals surface area contributed by atoms with Gasteiger partial charge in [-0.05, 0) is 49.4 Å². The Balaban J connectivity index is 1.47. The number of nitrogens with one attached hydrogen (secondary N) is 2. The number of sulfonamides is 1. The Labute approximate surface area is 180 Å².